The third-order valence-corrected chi connectivity index (χ3v) is 5.28. The first-order chi connectivity index (χ1) is 11.4. The summed E-state index contributed by atoms with van der Waals surface area (Å²) < 4.78 is 0. The lowest BCUT2D eigenvalue weighted by Gasteiger charge is -2.40. The number of fused-ring (bicyclic) bond motifs is 1. The highest BCUT2D eigenvalue weighted by molar-refractivity contribution is 6.02. The van der Waals surface area contributed by atoms with Crippen LogP contribution >= 0.6 is 0 Å². The van der Waals surface area contributed by atoms with Gasteiger partial charge in [0.2, 0.25) is 11.8 Å². The van der Waals surface area contributed by atoms with Crippen LogP contribution in [-0.4, -0.2) is 60.9 Å². The third-order valence-electron chi connectivity index (χ3n) is 5.28. The molecule has 2 heterocycles. The minimum Gasteiger partial charge on any atom is -0.339 e. The molecule has 0 bridgehead atoms. The average Bonchev–Trinajstić information content (AvgIpc) is 2.58. The number of carbonyl (C=O) groups excluding carboxylic acids is 2. The van der Waals surface area contributed by atoms with E-state index in [2.05, 4.69) is 31.7 Å². The van der Waals surface area contributed by atoms with Crippen molar-refractivity contribution in [1.82, 2.24) is 9.80 Å². The SMILES string of the molecule is CCN1CCN(C(=O)CN2C(=O)CC(C)(C)c3ccccc32)CC1. The molecule has 0 N–H and O–H groups in total. The second-order valence-electron chi connectivity index (χ2n) is 7.37. The third kappa shape index (κ3) is 3.18. The van der Waals surface area contributed by atoms with Crippen molar-refractivity contribution in [3.05, 3.63) is 29.8 Å². The summed E-state index contributed by atoms with van der Waals surface area (Å²) in [4.78, 5) is 31.2. The highest BCUT2D eigenvalue weighted by Gasteiger charge is 2.37. The summed E-state index contributed by atoms with van der Waals surface area (Å²) in [6.45, 7) is 10.8. The average molecular weight is 329 g/mol. The van der Waals surface area contributed by atoms with Gasteiger partial charge in [0.05, 0.1) is 0 Å². The number of amides is 2. The van der Waals surface area contributed by atoms with Gasteiger partial charge in [-0.15, -0.1) is 0 Å². The first-order valence-electron chi connectivity index (χ1n) is 8.82. The summed E-state index contributed by atoms with van der Waals surface area (Å²) >= 11 is 0. The Bertz CT molecular complexity index is 633. The second-order valence-corrected chi connectivity index (χ2v) is 7.37. The lowest BCUT2D eigenvalue weighted by Crippen LogP contribution is -2.53. The van der Waals surface area contributed by atoms with Crippen LogP contribution in [0.1, 0.15) is 32.8 Å². The van der Waals surface area contributed by atoms with E-state index in [1.165, 1.54) is 0 Å². The number of piperazine rings is 1. The maximum absolute atomic E-state index is 12.7. The second kappa shape index (κ2) is 6.55. The molecule has 3 rings (SSSR count). The van der Waals surface area contributed by atoms with Crippen molar-refractivity contribution in [2.24, 2.45) is 0 Å². The number of nitrogens with zero attached hydrogens (tertiary/aromatic N) is 3. The molecule has 5 nitrogen and oxygen atoms in total. The molecule has 1 fully saturated rings. The summed E-state index contributed by atoms with van der Waals surface area (Å²) in [6.07, 6.45) is 0.445. The van der Waals surface area contributed by atoms with E-state index in [9.17, 15) is 9.59 Å². The van der Waals surface area contributed by atoms with Crippen LogP contribution < -0.4 is 4.90 Å². The Morgan fingerprint density at radius 1 is 1.12 bits per heavy atom. The molecule has 1 aromatic carbocycles. The minimum atomic E-state index is -0.181. The van der Waals surface area contributed by atoms with Crippen LogP contribution in [0.5, 0.6) is 0 Å². The predicted octanol–water partition coefficient (Wildman–Crippen LogP) is 1.86. The van der Waals surface area contributed by atoms with Gasteiger partial charge in [-0.1, -0.05) is 39.0 Å². The molecular formula is C19H27N3O2. The number of hydrogen-bond donors (Lipinski definition) is 0. The predicted molar refractivity (Wildman–Crippen MR) is 95.1 cm³/mol. The lowest BCUT2D eigenvalue weighted by molar-refractivity contribution is -0.133. The van der Waals surface area contributed by atoms with Crippen molar-refractivity contribution in [2.75, 3.05) is 44.2 Å². The van der Waals surface area contributed by atoms with Gasteiger partial charge < -0.3 is 14.7 Å². The summed E-state index contributed by atoms with van der Waals surface area (Å²) in [5, 5.41) is 0. The van der Waals surface area contributed by atoms with Crippen LogP contribution in [0.15, 0.2) is 24.3 Å². The first kappa shape index (κ1) is 17.0. The highest BCUT2D eigenvalue weighted by atomic mass is 16.2. The monoisotopic (exact) mass is 329 g/mol. The molecule has 0 atom stereocenters. The molecule has 130 valence electrons. The Labute approximate surface area is 144 Å². The van der Waals surface area contributed by atoms with Gasteiger partial charge >= 0.3 is 0 Å². The zero-order chi connectivity index (χ0) is 17.3. The summed E-state index contributed by atoms with van der Waals surface area (Å²) in [5.74, 6) is 0.0906. The Hall–Kier alpha value is -1.88. The largest absolute Gasteiger partial charge is 0.339 e. The van der Waals surface area contributed by atoms with Crippen molar-refractivity contribution in [3.8, 4) is 0 Å². The van der Waals surface area contributed by atoms with Gasteiger partial charge in [0.25, 0.3) is 0 Å². The maximum Gasteiger partial charge on any atom is 0.242 e. The fraction of sp³-hybridized carbons (Fsp3) is 0.579. The Balaban J connectivity index is 1.75. The molecular weight excluding hydrogens is 302 g/mol. The van der Waals surface area contributed by atoms with Gasteiger partial charge in [-0.05, 0) is 18.2 Å². The van der Waals surface area contributed by atoms with E-state index in [-0.39, 0.29) is 23.8 Å². The number of para-hydroxylation sites is 1. The number of carbonyl (C=O) groups is 2. The van der Waals surface area contributed by atoms with Crippen LogP contribution in [0.4, 0.5) is 5.69 Å². The van der Waals surface area contributed by atoms with E-state index in [4.69, 9.17) is 0 Å². The van der Waals surface area contributed by atoms with E-state index in [1.54, 1.807) is 4.90 Å². The van der Waals surface area contributed by atoms with Crippen molar-refractivity contribution in [1.29, 1.82) is 0 Å². The molecule has 2 aliphatic heterocycles. The number of benzene rings is 1. The van der Waals surface area contributed by atoms with Gasteiger partial charge in [-0.3, -0.25) is 9.59 Å². The number of anilines is 1. The molecule has 5 heteroatoms. The summed E-state index contributed by atoms with van der Waals surface area (Å²) in [7, 11) is 0. The minimum absolute atomic E-state index is 0.0410. The fourth-order valence-corrected chi connectivity index (χ4v) is 3.71. The zero-order valence-corrected chi connectivity index (χ0v) is 14.9. The van der Waals surface area contributed by atoms with Crippen LogP contribution in [-0.2, 0) is 15.0 Å². The summed E-state index contributed by atoms with van der Waals surface area (Å²) in [5.41, 5.74) is 1.85. The van der Waals surface area contributed by atoms with Crippen molar-refractivity contribution in [3.63, 3.8) is 0 Å². The van der Waals surface area contributed by atoms with Gasteiger partial charge in [-0.2, -0.15) is 0 Å². The highest BCUT2D eigenvalue weighted by Crippen LogP contribution is 2.39. The van der Waals surface area contributed by atoms with Crippen molar-refractivity contribution in [2.45, 2.75) is 32.6 Å². The van der Waals surface area contributed by atoms with Crippen LogP contribution in [0.2, 0.25) is 0 Å². The van der Waals surface area contributed by atoms with Crippen molar-refractivity contribution >= 4 is 17.5 Å². The zero-order valence-electron chi connectivity index (χ0n) is 14.9. The molecule has 0 unspecified atom stereocenters. The molecule has 2 aliphatic rings. The van der Waals surface area contributed by atoms with Crippen LogP contribution in [0.3, 0.4) is 0 Å². The van der Waals surface area contributed by atoms with Gasteiger partial charge in [-0.25, -0.2) is 0 Å². The van der Waals surface area contributed by atoms with Gasteiger partial charge in [0, 0.05) is 43.7 Å². The number of rotatable bonds is 3. The van der Waals surface area contributed by atoms with E-state index in [1.807, 2.05) is 23.1 Å². The van der Waals surface area contributed by atoms with Gasteiger partial charge in [0.1, 0.15) is 6.54 Å². The Morgan fingerprint density at radius 2 is 1.79 bits per heavy atom. The van der Waals surface area contributed by atoms with E-state index in [0.29, 0.717) is 6.42 Å². The van der Waals surface area contributed by atoms with Gasteiger partial charge in [0.15, 0.2) is 0 Å². The topological polar surface area (TPSA) is 43.9 Å². The smallest absolute Gasteiger partial charge is 0.242 e. The molecule has 2 amide bonds. The Morgan fingerprint density at radius 3 is 2.46 bits per heavy atom. The first-order valence-corrected chi connectivity index (χ1v) is 8.82. The standard InChI is InChI=1S/C19H27N3O2/c1-4-20-9-11-21(12-10-20)18(24)14-22-16-8-6-5-7-15(16)19(2,3)13-17(22)23/h5-8H,4,9-14H2,1-3H3. The van der Waals surface area contributed by atoms with Crippen LogP contribution in [0.25, 0.3) is 0 Å². The molecule has 0 spiro atoms. The van der Waals surface area contributed by atoms with E-state index in [0.717, 1.165) is 44.0 Å². The van der Waals surface area contributed by atoms with Crippen molar-refractivity contribution < 1.29 is 9.59 Å². The maximum atomic E-state index is 12.7. The molecule has 0 saturated carbocycles. The molecule has 24 heavy (non-hydrogen) atoms. The van der Waals surface area contributed by atoms with E-state index < -0.39 is 0 Å². The lowest BCUT2D eigenvalue weighted by atomic mass is 9.77. The Kier molecular flexibility index (Phi) is 4.63. The molecule has 1 aromatic rings. The fourth-order valence-electron chi connectivity index (χ4n) is 3.71. The summed E-state index contributed by atoms with van der Waals surface area (Å²) in [6, 6.07) is 7.96. The number of likely N-dealkylation sites (N-methyl/N-ethyl adjacent to an activating group) is 1. The van der Waals surface area contributed by atoms with E-state index >= 15 is 0 Å². The quantitative estimate of drug-likeness (QED) is 0.850. The molecule has 0 aliphatic carbocycles. The van der Waals surface area contributed by atoms with Crippen LogP contribution in [0, 0.1) is 0 Å². The molecule has 0 radical (unpaired) electrons. The number of hydrogen-bond acceptors (Lipinski definition) is 3. The molecule has 1 saturated heterocycles. The molecule has 0 aromatic heterocycles. The normalized spacial score (nSPS) is 20.9.